The molecule has 34 heavy (non-hydrogen) atoms. The minimum Gasteiger partial charge on any atom is -0.489 e. The Labute approximate surface area is 203 Å². The Bertz CT molecular complexity index is 1260. The van der Waals surface area contributed by atoms with E-state index in [2.05, 4.69) is 6.92 Å². The molecule has 0 N–H and O–H groups in total. The minimum atomic E-state index is -0.360. The number of carbonyl (C=O) groups is 2. The summed E-state index contributed by atoms with van der Waals surface area (Å²) in [4.78, 5) is 27.5. The van der Waals surface area contributed by atoms with E-state index in [1.54, 1.807) is 4.90 Å². The highest BCUT2D eigenvalue weighted by Gasteiger charge is 2.42. The highest BCUT2D eigenvalue weighted by atomic mass is 35.5. The lowest BCUT2D eigenvalue weighted by Gasteiger charge is -2.32. The molecule has 6 heteroatoms. The SMILES string of the molecule is CCc1ccc(N2C(=O)CC(c3ccc(OCc4ccccc4Cl)cc3)C3=C2COC3=O)cc1. The quantitative estimate of drug-likeness (QED) is 0.424. The van der Waals surface area contributed by atoms with Gasteiger partial charge in [0, 0.05) is 28.6 Å². The molecule has 1 amide bonds. The molecule has 0 fully saturated rings. The summed E-state index contributed by atoms with van der Waals surface area (Å²) in [7, 11) is 0. The Morgan fingerprint density at radius 3 is 2.44 bits per heavy atom. The van der Waals surface area contributed by atoms with E-state index in [0.29, 0.717) is 28.6 Å². The van der Waals surface area contributed by atoms with Crippen LogP contribution in [0, 0.1) is 0 Å². The number of cyclic esters (lactones) is 1. The predicted molar refractivity (Wildman–Crippen MR) is 131 cm³/mol. The third-order valence-corrected chi connectivity index (χ3v) is 6.72. The van der Waals surface area contributed by atoms with Crippen molar-refractivity contribution >= 4 is 29.2 Å². The average molecular weight is 474 g/mol. The second-order valence-corrected chi connectivity index (χ2v) is 8.80. The number of hydrogen-bond acceptors (Lipinski definition) is 4. The molecule has 0 aliphatic carbocycles. The van der Waals surface area contributed by atoms with Crippen molar-refractivity contribution in [3.63, 3.8) is 0 Å². The van der Waals surface area contributed by atoms with E-state index in [9.17, 15) is 9.59 Å². The van der Waals surface area contributed by atoms with Gasteiger partial charge in [-0.25, -0.2) is 4.79 Å². The van der Waals surface area contributed by atoms with Crippen LogP contribution in [-0.4, -0.2) is 18.5 Å². The first kappa shape index (κ1) is 22.2. The van der Waals surface area contributed by atoms with Gasteiger partial charge in [-0.1, -0.05) is 61.0 Å². The van der Waals surface area contributed by atoms with Crippen molar-refractivity contribution in [1.82, 2.24) is 0 Å². The summed E-state index contributed by atoms with van der Waals surface area (Å²) in [5, 5.41) is 0.660. The number of halogens is 1. The maximum Gasteiger partial charge on any atom is 0.336 e. The fraction of sp³-hybridized carbons (Fsp3) is 0.214. The van der Waals surface area contributed by atoms with Gasteiger partial charge >= 0.3 is 5.97 Å². The zero-order valence-electron chi connectivity index (χ0n) is 18.8. The monoisotopic (exact) mass is 473 g/mol. The number of rotatable bonds is 6. The molecule has 3 aromatic rings. The fourth-order valence-corrected chi connectivity index (χ4v) is 4.68. The molecule has 0 saturated heterocycles. The van der Waals surface area contributed by atoms with Gasteiger partial charge < -0.3 is 9.47 Å². The van der Waals surface area contributed by atoms with E-state index in [1.807, 2.05) is 72.8 Å². The van der Waals surface area contributed by atoms with Gasteiger partial charge in [0.25, 0.3) is 0 Å². The molecule has 1 atom stereocenters. The van der Waals surface area contributed by atoms with Gasteiger partial charge in [-0.15, -0.1) is 0 Å². The topological polar surface area (TPSA) is 55.8 Å². The van der Waals surface area contributed by atoms with E-state index in [4.69, 9.17) is 21.1 Å². The van der Waals surface area contributed by atoms with Gasteiger partial charge in [-0.3, -0.25) is 9.69 Å². The molecule has 0 aromatic heterocycles. The third kappa shape index (κ3) is 4.19. The molecule has 2 aliphatic rings. The molecule has 2 heterocycles. The van der Waals surface area contributed by atoms with Crippen LogP contribution >= 0.6 is 11.6 Å². The van der Waals surface area contributed by atoms with Crippen molar-refractivity contribution in [1.29, 1.82) is 0 Å². The number of amides is 1. The first-order valence-electron chi connectivity index (χ1n) is 11.3. The van der Waals surface area contributed by atoms with Crippen LogP contribution in [0.25, 0.3) is 0 Å². The molecular weight excluding hydrogens is 450 g/mol. The van der Waals surface area contributed by atoms with Gasteiger partial charge in [0.15, 0.2) is 0 Å². The number of anilines is 1. The largest absolute Gasteiger partial charge is 0.489 e. The third-order valence-electron chi connectivity index (χ3n) is 6.35. The number of esters is 1. The Kier molecular flexibility index (Phi) is 6.12. The summed E-state index contributed by atoms with van der Waals surface area (Å²) in [6.45, 7) is 2.54. The Morgan fingerprint density at radius 1 is 1.00 bits per heavy atom. The molecule has 5 rings (SSSR count). The highest BCUT2D eigenvalue weighted by Crippen LogP contribution is 2.42. The first-order chi connectivity index (χ1) is 16.5. The Hall–Kier alpha value is -3.57. The first-order valence-corrected chi connectivity index (χ1v) is 11.7. The molecule has 2 aliphatic heterocycles. The van der Waals surface area contributed by atoms with Gasteiger partial charge in [0.2, 0.25) is 5.91 Å². The van der Waals surface area contributed by atoms with Crippen LogP contribution in [0.1, 0.15) is 36.0 Å². The lowest BCUT2D eigenvalue weighted by Crippen LogP contribution is -2.37. The van der Waals surface area contributed by atoms with Crippen LogP contribution in [0.15, 0.2) is 84.1 Å². The molecule has 5 nitrogen and oxygen atoms in total. The number of benzene rings is 3. The van der Waals surface area contributed by atoms with Crippen LogP contribution in [0.4, 0.5) is 5.69 Å². The van der Waals surface area contributed by atoms with Gasteiger partial charge in [-0.2, -0.15) is 0 Å². The average Bonchev–Trinajstić information content (AvgIpc) is 3.24. The van der Waals surface area contributed by atoms with Gasteiger partial charge in [0.1, 0.15) is 19.0 Å². The van der Waals surface area contributed by atoms with E-state index >= 15 is 0 Å². The molecule has 0 radical (unpaired) electrons. The second kappa shape index (κ2) is 9.35. The number of hydrogen-bond donors (Lipinski definition) is 0. The maximum absolute atomic E-state index is 13.2. The number of aryl methyl sites for hydroxylation is 1. The summed E-state index contributed by atoms with van der Waals surface area (Å²) < 4.78 is 11.2. The van der Waals surface area contributed by atoms with E-state index in [0.717, 1.165) is 23.2 Å². The molecule has 3 aromatic carbocycles. The van der Waals surface area contributed by atoms with Crippen molar-refractivity contribution in [3.05, 3.63) is 106 Å². The standard InChI is InChI=1S/C28H24ClNO4/c1-2-18-7-11-21(12-8-18)30-25-17-34-28(32)27(25)23(15-26(30)31)19-9-13-22(14-10-19)33-16-20-5-3-4-6-24(20)29/h3-14,23H,2,15-17H2,1H3. The van der Waals surface area contributed by atoms with Crippen LogP contribution in [-0.2, 0) is 27.4 Å². The van der Waals surface area contributed by atoms with Gasteiger partial charge in [-0.05, 0) is 47.9 Å². The van der Waals surface area contributed by atoms with Crippen LogP contribution in [0.3, 0.4) is 0 Å². The summed E-state index contributed by atoms with van der Waals surface area (Å²) in [5.41, 5.74) is 4.93. The summed E-state index contributed by atoms with van der Waals surface area (Å²) in [5.74, 6) is -0.0694. The number of ether oxygens (including phenoxy) is 2. The molecule has 172 valence electrons. The summed E-state index contributed by atoms with van der Waals surface area (Å²) in [6.07, 6.45) is 1.12. The van der Waals surface area contributed by atoms with Crippen molar-refractivity contribution < 1.29 is 19.1 Å². The normalized spacial score (nSPS) is 17.6. The highest BCUT2D eigenvalue weighted by molar-refractivity contribution is 6.31. The minimum absolute atomic E-state index is 0.0506. The van der Waals surface area contributed by atoms with Crippen LogP contribution in [0.5, 0.6) is 5.75 Å². The van der Waals surface area contributed by atoms with Crippen molar-refractivity contribution in [2.75, 3.05) is 11.5 Å². The second-order valence-electron chi connectivity index (χ2n) is 8.39. The van der Waals surface area contributed by atoms with Crippen molar-refractivity contribution in [3.8, 4) is 5.75 Å². The predicted octanol–water partition coefficient (Wildman–Crippen LogP) is 5.81. The van der Waals surface area contributed by atoms with Crippen LogP contribution < -0.4 is 9.64 Å². The van der Waals surface area contributed by atoms with Gasteiger partial charge in [0.05, 0.1) is 11.3 Å². The Balaban J connectivity index is 1.39. The molecule has 0 saturated carbocycles. The summed E-state index contributed by atoms with van der Waals surface area (Å²) in [6, 6.07) is 22.9. The molecule has 0 spiro atoms. The van der Waals surface area contributed by atoms with E-state index in [-0.39, 0.29) is 30.8 Å². The molecular formula is C28H24ClNO4. The zero-order valence-corrected chi connectivity index (χ0v) is 19.5. The van der Waals surface area contributed by atoms with E-state index < -0.39 is 0 Å². The van der Waals surface area contributed by atoms with Crippen molar-refractivity contribution in [2.24, 2.45) is 0 Å². The fourth-order valence-electron chi connectivity index (χ4n) is 4.49. The molecule has 1 unspecified atom stereocenters. The lowest BCUT2D eigenvalue weighted by atomic mass is 9.84. The number of nitrogens with zero attached hydrogens (tertiary/aromatic N) is 1. The summed E-state index contributed by atoms with van der Waals surface area (Å²) >= 11 is 6.20. The smallest absolute Gasteiger partial charge is 0.336 e. The molecule has 0 bridgehead atoms. The van der Waals surface area contributed by atoms with Crippen molar-refractivity contribution in [2.45, 2.75) is 32.3 Å². The van der Waals surface area contributed by atoms with Crippen LogP contribution in [0.2, 0.25) is 5.02 Å². The number of carbonyl (C=O) groups excluding carboxylic acids is 2. The maximum atomic E-state index is 13.2. The Morgan fingerprint density at radius 2 is 1.74 bits per heavy atom. The lowest BCUT2D eigenvalue weighted by molar-refractivity contribution is -0.136. The van der Waals surface area contributed by atoms with E-state index in [1.165, 1.54) is 5.56 Å². The zero-order chi connectivity index (χ0) is 23.7.